The second-order valence-corrected chi connectivity index (χ2v) is 3.56. The average molecular weight is 228 g/mol. The lowest BCUT2D eigenvalue weighted by molar-refractivity contribution is 0.0985. The van der Waals surface area contributed by atoms with Crippen LogP contribution in [-0.2, 0) is 0 Å². The first-order chi connectivity index (χ1) is 5.75. The van der Waals surface area contributed by atoms with Crippen molar-refractivity contribution in [2.45, 2.75) is 18.2 Å². The smallest absolute Gasteiger partial charge is 0.194 e. The molecule has 0 unspecified atom stereocenters. The van der Waals surface area contributed by atoms with Gasteiger partial charge in [-0.3, -0.25) is 9.78 Å². The minimum Gasteiger partial charge on any atom is -0.291 e. The summed E-state index contributed by atoms with van der Waals surface area (Å²) in [6.07, 6.45) is 2.41. The Balaban J connectivity index is 2.79. The number of ketones is 1. The number of hydrogen-bond donors (Lipinski definition) is 0. The van der Waals surface area contributed by atoms with Gasteiger partial charge in [0.15, 0.2) is 5.78 Å². The molecular formula is C9H10BrNO. The third-order valence-corrected chi connectivity index (χ3v) is 2.62. The summed E-state index contributed by atoms with van der Waals surface area (Å²) >= 11 is 3.29. The number of alkyl halides is 1. The van der Waals surface area contributed by atoms with Gasteiger partial charge in [0, 0.05) is 6.20 Å². The van der Waals surface area contributed by atoms with Crippen LogP contribution >= 0.6 is 15.9 Å². The second-order valence-electron chi connectivity index (χ2n) is 2.46. The van der Waals surface area contributed by atoms with Crippen molar-refractivity contribution < 1.29 is 4.79 Å². The highest BCUT2D eigenvalue weighted by Crippen LogP contribution is 2.10. The van der Waals surface area contributed by atoms with Crippen molar-refractivity contribution in [2.24, 2.45) is 0 Å². The van der Waals surface area contributed by atoms with Crippen molar-refractivity contribution in [3.8, 4) is 0 Å². The van der Waals surface area contributed by atoms with Crippen LogP contribution in [0.2, 0.25) is 0 Å². The van der Waals surface area contributed by atoms with Crippen LogP contribution < -0.4 is 0 Å². The topological polar surface area (TPSA) is 30.0 Å². The van der Waals surface area contributed by atoms with E-state index in [0.717, 1.165) is 6.42 Å². The number of rotatable bonds is 3. The quantitative estimate of drug-likeness (QED) is 0.587. The van der Waals surface area contributed by atoms with E-state index in [2.05, 4.69) is 20.9 Å². The fourth-order valence-corrected chi connectivity index (χ4v) is 1.09. The molecule has 0 bridgehead atoms. The van der Waals surface area contributed by atoms with Crippen LogP contribution in [0.5, 0.6) is 0 Å². The van der Waals surface area contributed by atoms with Gasteiger partial charge in [0.1, 0.15) is 5.69 Å². The van der Waals surface area contributed by atoms with Crippen molar-refractivity contribution in [1.29, 1.82) is 0 Å². The molecule has 0 fully saturated rings. The van der Waals surface area contributed by atoms with Gasteiger partial charge in [-0.2, -0.15) is 0 Å². The summed E-state index contributed by atoms with van der Waals surface area (Å²) in [5, 5.41) is 0. The van der Waals surface area contributed by atoms with Crippen LogP contribution in [0.4, 0.5) is 0 Å². The number of carbonyl (C=O) groups is 1. The molecule has 1 aromatic rings. The first kappa shape index (κ1) is 9.39. The van der Waals surface area contributed by atoms with Crippen LogP contribution in [0, 0.1) is 0 Å². The monoisotopic (exact) mass is 227 g/mol. The molecule has 12 heavy (non-hydrogen) atoms. The van der Waals surface area contributed by atoms with Gasteiger partial charge in [0.25, 0.3) is 0 Å². The van der Waals surface area contributed by atoms with E-state index in [1.54, 1.807) is 18.3 Å². The molecule has 0 saturated carbocycles. The maximum atomic E-state index is 11.5. The zero-order valence-corrected chi connectivity index (χ0v) is 8.41. The molecule has 0 spiro atoms. The van der Waals surface area contributed by atoms with Gasteiger partial charge in [-0.15, -0.1) is 0 Å². The first-order valence-electron chi connectivity index (χ1n) is 3.85. The Morgan fingerprint density at radius 1 is 1.67 bits per heavy atom. The molecule has 1 atom stereocenters. The first-order valence-corrected chi connectivity index (χ1v) is 4.76. The summed E-state index contributed by atoms with van der Waals surface area (Å²) < 4.78 is 0. The van der Waals surface area contributed by atoms with Crippen LogP contribution in [0.25, 0.3) is 0 Å². The Labute approximate surface area is 80.1 Å². The molecule has 0 N–H and O–H groups in total. The van der Waals surface area contributed by atoms with Crippen LogP contribution in [0.3, 0.4) is 0 Å². The highest BCUT2D eigenvalue weighted by Gasteiger charge is 2.14. The van der Waals surface area contributed by atoms with Gasteiger partial charge in [-0.25, -0.2) is 0 Å². The highest BCUT2D eigenvalue weighted by molar-refractivity contribution is 9.10. The summed E-state index contributed by atoms with van der Waals surface area (Å²) in [5.41, 5.74) is 0.529. The van der Waals surface area contributed by atoms with Crippen molar-refractivity contribution in [3.63, 3.8) is 0 Å². The number of aromatic nitrogens is 1. The van der Waals surface area contributed by atoms with E-state index in [9.17, 15) is 4.79 Å². The molecule has 1 heterocycles. The van der Waals surface area contributed by atoms with Crippen molar-refractivity contribution in [3.05, 3.63) is 30.1 Å². The molecule has 0 saturated heterocycles. The molecule has 1 aromatic heterocycles. The minimum atomic E-state index is -0.104. The third kappa shape index (κ3) is 2.14. The Kier molecular flexibility index (Phi) is 3.41. The minimum absolute atomic E-state index is 0.0538. The third-order valence-electron chi connectivity index (χ3n) is 1.56. The van der Waals surface area contributed by atoms with Gasteiger partial charge in [0.05, 0.1) is 4.83 Å². The lowest BCUT2D eigenvalue weighted by atomic mass is 10.1. The van der Waals surface area contributed by atoms with E-state index in [-0.39, 0.29) is 10.6 Å². The molecule has 0 aliphatic carbocycles. The average Bonchev–Trinajstić information content (AvgIpc) is 2.17. The molecule has 3 heteroatoms. The lowest BCUT2D eigenvalue weighted by Gasteiger charge is -2.03. The zero-order chi connectivity index (χ0) is 8.97. The Morgan fingerprint density at radius 2 is 2.42 bits per heavy atom. The Bertz CT molecular complexity index is 260. The van der Waals surface area contributed by atoms with E-state index in [1.165, 1.54) is 0 Å². The number of nitrogens with zero attached hydrogens (tertiary/aromatic N) is 1. The number of pyridine rings is 1. The molecule has 64 valence electrons. The van der Waals surface area contributed by atoms with E-state index in [1.807, 2.05) is 13.0 Å². The lowest BCUT2D eigenvalue weighted by Crippen LogP contribution is -2.14. The molecule has 0 aromatic carbocycles. The summed E-state index contributed by atoms with van der Waals surface area (Å²) in [7, 11) is 0. The van der Waals surface area contributed by atoms with Crippen molar-refractivity contribution in [2.75, 3.05) is 0 Å². The standard InChI is InChI=1S/C9H10BrNO/c1-2-7(10)9(12)8-5-3-4-6-11-8/h3-7H,2H2,1H3/t7-/m1/s1. The van der Waals surface area contributed by atoms with Crippen molar-refractivity contribution >= 4 is 21.7 Å². The molecular weight excluding hydrogens is 218 g/mol. The van der Waals surface area contributed by atoms with E-state index in [0.29, 0.717) is 5.69 Å². The Hall–Kier alpha value is -0.700. The number of halogens is 1. The Morgan fingerprint density at radius 3 is 2.92 bits per heavy atom. The van der Waals surface area contributed by atoms with Crippen LogP contribution in [0.15, 0.2) is 24.4 Å². The molecule has 2 nitrogen and oxygen atoms in total. The van der Waals surface area contributed by atoms with Gasteiger partial charge in [-0.1, -0.05) is 28.9 Å². The fraction of sp³-hybridized carbons (Fsp3) is 0.333. The van der Waals surface area contributed by atoms with Crippen LogP contribution in [0.1, 0.15) is 23.8 Å². The van der Waals surface area contributed by atoms with E-state index < -0.39 is 0 Å². The molecule has 0 amide bonds. The molecule has 1 rings (SSSR count). The van der Waals surface area contributed by atoms with Gasteiger partial charge < -0.3 is 0 Å². The second kappa shape index (κ2) is 4.36. The van der Waals surface area contributed by atoms with Gasteiger partial charge in [-0.05, 0) is 18.6 Å². The van der Waals surface area contributed by atoms with Crippen molar-refractivity contribution in [1.82, 2.24) is 4.98 Å². The fourth-order valence-electron chi connectivity index (χ4n) is 0.854. The SMILES string of the molecule is CC[C@@H](Br)C(=O)c1ccccn1. The number of hydrogen-bond acceptors (Lipinski definition) is 2. The summed E-state index contributed by atoms with van der Waals surface area (Å²) in [5.74, 6) is 0.0538. The predicted octanol–water partition coefficient (Wildman–Crippen LogP) is 2.44. The molecule has 0 aliphatic heterocycles. The summed E-state index contributed by atoms with van der Waals surface area (Å²) in [4.78, 5) is 15.3. The number of Topliss-reactive ketones (excluding diaryl/α,β-unsaturated/α-hetero) is 1. The summed E-state index contributed by atoms with van der Waals surface area (Å²) in [6, 6.07) is 5.34. The van der Waals surface area contributed by atoms with Crippen LogP contribution in [-0.4, -0.2) is 15.6 Å². The van der Waals surface area contributed by atoms with E-state index in [4.69, 9.17) is 0 Å². The largest absolute Gasteiger partial charge is 0.291 e. The van der Waals surface area contributed by atoms with E-state index >= 15 is 0 Å². The van der Waals surface area contributed by atoms with Gasteiger partial charge in [0.2, 0.25) is 0 Å². The summed E-state index contributed by atoms with van der Waals surface area (Å²) in [6.45, 7) is 1.96. The normalized spacial score (nSPS) is 12.5. The zero-order valence-electron chi connectivity index (χ0n) is 6.83. The molecule has 0 radical (unpaired) electrons. The maximum Gasteiger partial charge on any atom is 0.194 e. The van der Waals surface area contributed by atoms with Gasteiger partial charge >= 0.3 is 0 Å². The predicted molar refractivity (Wildman–Crippen MR) is 51.6 cm³/mol. The number of carbonyl (C=O) groups excluding carboxylic acids is 1. The molecule has 0 aliphatic rings. The maximum absolute atomic E-state index is 11.5. The highest BCUT2D eigenvalue weighted by atomic mass is 79.9.